The van der Waals surface area contributed by atoms with E-state index in [9.17, 15) is 0 Å². The Morgan fingerprint density at radius 3 is 2.58 bits per heavy atom. The smallest absolute Gasteiger partial charge is 0.0366 e. The van der Waals surface area contributed by atoms with E-state index in [4.69, 9.17) is 0 Å². The average molecular weight is 278 g/mol. The standard InChI is InChI=1S/C16H26N2S/c1-14(10-13-19-2)17-15-8-11-18(12-9-15)16-6-4-3-5-7-16/h3-7,14-15,17H,8-13H2,1-2H3. The lowest BCUT2D eigenvalue weighted by Crippen LogP contribution is -2.45. The third-order valence-electron chi connectivity index (χ3n) is 3.89. The fourth-order valence-electron chi connectivity index (χ4n) is 2.72. The van der Waals surface area contributed by atoms with Crippen LogP contribution < -0.4 is 10.2 Å². The van der Waals surface area contributed by atoms with E-state index in [1.807, 2.05) is 11.8 Å². The molecule has 0 radical (unpaired) electrons. The zero-order valence-corrected chi connectivity index (χ0v) is 13.0. The van der Waals surface area contributed by atoms with Crippen molar-refractivity contribution in [1.82, 2.24) is 5.32 Å². The van der Waals surface area contributed by atoms with Gasteiger partial charge >= 0.3 is 0 Å². The van der Waals surface area contributed by atoms with Crippen LogP contribution in [0.5, 0.6) is 0 Å². The Morgan fingerprint density at radius 1 is 1.26 bits per heavy atom. The minimum atomic E-state index is 0.653. The summed E-state index contributed by atoms with van der Waals surface area (Å²) in [6.07, 6.45) is 5.99. The van der Waals surface area contributed by atoms with Gasteiger partial charge < -0.3 is 10.2 Å². The lowest BCUT2D eigenvalue weighted by molar-refractivity contribution is 0.373. The zero-order valence-electron chi connectivity index (χ0n) is 12.1. The third-order valence-corrected chi connectivity index (χ3v) is 4.54. The fourth-order valence-corrected chi connectivity index (χ4v) is 3.31. The summed E-state index contributed by atoms with van der Waals surface area (Å²) in [6, 6.07) is 12.1. The molecule has 1 atom stereocenters. The molecule has 1 saturated heterocycles. The topological polar surface area (TPSA) is 15.3 Å². The molecule has 1 N–H and O–H groups in total. The number of piperidine rings is 1. The first-order valence-corrected chi connectivity index (χ1v) is 8.74. The highest BCUT2D eigenvalue weighted by molar-refractivity contribution is 7.98. The van der Waals surface area contributed by atoms with Crippen LogP contribution in [0.2, 0.25) is 0 Å². The summed E-state index contributed by atoms with van der Waals surface area (Å²) in [5.41, 5.74) is 1.37. The SMILES string of the molecule is CSCCC(C)NC1CCN(c2ccccc2)CC1. The fraction of sp³-hybridized carbons (Fsp3) is 0.625. The molecule has 0 saturated carbocycles. The van der Waals surface area contributed by atoms with Crippen LogP contribution in [0.1, 0.15) is 26.2 Å². The lowest BCUT2D eigenvalue weighted by atomic mass is 10.0. The number of nitrogens with zero attached hydrogens (tertiary/aromatic N) is 1. The number of hydrogen-bond acceptors (Lipinski definition) is 3. The minimum Gasteiger partial charge on any atom is -0.371 e. The van der Waals surface area contributed by atoms with Gasteiger partial charge in [-0.1, -0.05) is 18.2 Å². The molecule has 2 nitrogen and oxygen atoms in total. The summed E-state index contributed by atoms with van der Waals surface area (Å²) in [6.45, 7) is 4.67. The normalized spacial score (nSPS) is 18.5. The summed E-state index contributed by atoms with van der Waals surface area (Å²) >= 11 is 1.94. The second kappa shape index (κ2) is 7.81. The first kappa shape index (κ1) is 14.7. The molecule has 1 aromatic carbocycles. The van der Waals surface area contributed by atoms with Gasteiger partial charge in [-0.25, -0.2) is 0 Å². The molecule has 2 rings (SSSR count). The molecule has 0 spiro atoms. The number of para-hydroxylation sites is 1. The van der Waals surface area contributed by atoms with Crippen LogP contribution >= 0.6 is 11.8 Å². The van der Waals surface area contributed by atoms with E-state index in [-0.39, 0.29) is 0 Å². The number of nitrogens with one attached hydrogen (secondary N) is 1. The Balaban J connectivity index is 1.73. The van der Waals surface area contributed by atoms with E-state index in [1.165, 1.54) is 43.8 Å². The Labute approximate surface area is 122 Å². The van der Waals surface area contributed by atoms with Gasteiger partial charge in [-0.05, 0) is 50.3 Å². The van der Waals surface area contributed by atoms with Gasteiger partial charge in [-0.15, -0.1) is 0 Å². The zero-order chi connectivity index (χ0) is 13.5. The Morgan fingerprint density at radius 2 is 1.95 bits per heavy atom. The van der Waals surface area contributed by atoms with Crippen LogP contribution in [0, 0.1) is 0 Å². The maximum absolute atomic E-state index is 3.79. The third kappa shape index (κ3) is 4.73. The molecular formula is C16H26N2S. The monoisotopic (exact) mass is 278 g/mol. The molecule has 0 amide bonds. The number of rotatable bonds is 6. The van der Waals surface area contributed by atoms with Crippen molar-refractivity contribution < 1.29 is 0 Å². The number of benzene rings is 1. The second-order valence-electron chi connectivity index (χ2n) is 5.45. The summed E-state index contributed by atoms with van der Waals surface area (Å²) < 4.78 is 0. The van der Waals surface area contributed by atoms with Gasteiger partial charge in [0.15, 0.2) is 0 Å². The molecule has 0 aliphatic carbocycles. The Hall–Kier alpha value is -0.670. The molecule has 0 bridgehead atoms. The first-order chi connectivity index (χ1) is 9.29. The van der Waals surface area contributed by atoms with Crippen molar-refractivity contribution in [1.29, 1.82) is 0 Å². The van der Waals surface area contributed by atoms with Gasteiger partial charge in [-0.3, -0.25) is 0 Å². The van der Waals surface area contributed by atoms with Gasteiger partial charge in [0.2, 0.25) is 0 Å². The molecule has 1 aliphatic heterocycles. The highest BCUT2D eigenvalue weighted by Gasteiger charge is 2.20. The first-order valence-electron chi connectivity index (χ1n) is 7.34. The van der Waals surface area contributed by atoms with Gasteiger partial charge in [0.05, 0.1) is 0 Å². The van der Waals surface area contributed by atoms with Crippen molar-refractivity contribution in [3.05, 3.63) is 30.3 Å². The van der Waals surface area contributed by atoms with Crippen LogP contribution in [0.3, 0.4) is 0 Å². The predicted molar refractivity (Wildman–Crippen MR) is 87.3 cm³/mol. The number of anilines is 1. The van der Waals surface area contributed by atoms with E-state index < -0.39 is 0 Å². The summed E-state index contributed by atoms with van der Waals surface area (Å²) in [5, 5.41) is 3.79. The summed E-state index contributed by atoms with van der Waals surface area (Å²) in [4.78, 5) is 2.50. The molecule has 1 unspecified atom stereocenters. The van der Waals surface area contributed by atoms with Crippen molar-refractivity contribution in [2.75, 3.05) is 30.0 Å². The Kier molecular flexibility index (Phi) is 6.05. The van der Waals surface area contributed by atoms with E-state index in [0.29, 0.717) is 12.1 Å². The summed E-state index contributed by atoms with van der Waals surface area (Å²) in [5.74, 6) is 1.26. The van der Waals surface area contributed by atoms with Crippen LogP contribution in [0.25, 0.3) is 0 Å². The molecule has 1 aromatic rings. The van der Waals surface area contributed by atoms with Gasteiger partial charge in [-0.2, -0.15) is 11.8 Å². The molecular weight excluding hydrogens is 252 g/mol. The summed E-state index contributed by atoms with van der Waals surface area (Å²) in [7, 11) is 0. The predicted octanol–water partition coefficient (Wildman–Crippen LogP) is 3.39. The van der Waals surface area contributed by atoms with Crippen molar-refractivity contribution in [3.8, 4) is 0 Å². The Bertz CT molecular complexity index is 347. The minimum absolute atomic E-state index is 0.653. The quantitative estimate of drug-likeness (QED) is 0.859. The second-order valence-corrected chi connectivity index (χ2v) is 6.43. The van der Waals surface area contributed by atoms with E-state index in [0.717, 1.165) is 0 Å². The number of thioether (sulfide) groups is 1. The van der Waals surface area contributed by atoms with Gasteiger partial charge in [0, 0.05) is 30.9 Å². The highest BCUT2D eigenvalue weighted by atomic mass is 32.2. The average Bonchev–Trinajstić information content (AvgIpc) is 2.47. The van der Waals surface area contributed by atoms with Gasteiger partial charge in [0.25, 0.3) is 0 Å². The van der Waals surface area contributed by atoms with Crippen molar-refractivity contribution in [2.24, 2.45) is 0 Å². The van der Waals surface area contributed by atoms with Crippen LogP contribution in [-0.2, 0) is 0 Å². The largest absolute Gasteiger partial charge is 0.371 e. The van der Waals surface area contributed by atoms with E-state index in [1.54, 1.807) is 0 Å². The number of hydrogen-bond donors (Lipinski definition) is 1. The van der Waals surface area contributed by atoms with Crippen LogP contribution in [0.4, 0.5) is 5.69 Å². The van der Waals surface area contributed by atoms with E-state index >= 15 is 0 Å². The van der Waals surface area contributed by atoms with Crippen LogP contribution in [-0.4, -0.2) is 37.2 Å². The van der Waals surface area contributed by atoms with Crippen molar-refractivity contribution in [3.63, 3.8) is 0 Å². The molecule has 1 fully saturated rings. The molecule has 0 aromatic heterocycles. The molecule has 3 heteroatoms. The van der Waals surface area contributed by atoms with E-state index in [2.05, 4.69) is 53.7 Å². The van der Waals surface area contributed by atoms with Gasteiger partial charge in [0.1, 0.15) is 0 Å². The van der Waals surface area contributed by atoms with Crippen molar-refractivity contribution >= 4 is 17.4 Å². The lowest BCUT2D eigenvalue weighted by Gasteiger charge is -2.35. The molecule has 19 heavy (non-hydrogen) atoms. The molecule has 1 heterocycles. The van der Waals surface area contributed by atoms with Crippen LogP contribution in [0.15, 0.2) is 30.3 Å². The maximum Gasteiger partial charge on any atom is 0.0366 e. The maximum atomic E-state index is 3.79. The molecule has 1 aliphatic rings. The van der Waals surface area contributed by atoms with Crippen molar-refractivity contribution in [2.45, 2.75) is 38.3 Å². The molecule has 106 valence electrons. The highest BCUT2D eigenvalue weighted by Crippen LogP contribution is 2.19.